The normalized spacial score (nSPS) is 11.8. The molecule has 0 saturated carbocycles. The molecule has 202 valence electrons. The van der Waals surface area contributed by atoms with Crippen molar-refractivity contribution in [3.8, 4) is 5.75 Å². The number of hydrogen-bond acceptors (Lipinski definition) is 8. The molecule has 5 N–H and O–H groups in total. The number of fused-ring (bicyclic) bond motifs is 1. The summed E-state index contributed by atoms with van der Waals surface area (Å²) < 4.78 is 5.57. The van der Waals surface area contributed by atoms with E-state index in [1.165, 1.54) is 0 Å². The van der Waals surface area contributed by atoms with Gasteiger partial charge in [0.05, 0.1) is 6.42 Å². The second kappa shape index (κ2) is 14.6. The number of aliphatic carboxylic acids is 1. The molecule has 0 spiro atoms. The van der Waals surface area contributed by atoms with E-state index in [2.05, 4.69) is 20.4 Å². The first-order valence-electron chi connectivity index (χ1n) is 11.9. The van der Waals surface area contributed by atoms with Crippen molar-refractivity contribution in [3.05, 3.63) is 77.9 Å². The van der Waals surface area contributed by atoms with Crippen LogP contribution in [0.5, 0.6) is 5.75 Å². The summed E-state index contributed by atoms with van der Waals surface area (Å²) in [6, 6.07) is 19.3. The Labute approximate surface area is 218 Å². The molecule has 0 aromatic heterocycles. The SMILES string of the molecule is O=C(O)CCC(=O)NC(Cc1ccc(OC(COO)COO)cc1)C(=O)NCc1cccc2ccccc12. The number of carboxylic acid groups (broad SMARTS) is 1. The lowest BCUT2D eigenvalue weighted by molar-refractivity contribution is -0.286. The van der Waals surface area contributed by atoms with E-state index in [0.717, 1.165) is 16.3 Å². The van der Waals surface area contributed by atoms with Gasteiger partial charge in [-0.05, 0) is 34.0 Å². The zero-order valence-electron chi connectivity index (χ0n) is 20.5. The summed E-state index contributed by atoms with van der Waals surface area (Å²) in [6.07, 6.45) is -1.23. The fraction of sp³-hybridized carbons (Fsp3) is 0.296. The number of amides is 2. The van der Waals surface area contributed by atoms with Crippen molar-refractivity contribution in [2.75, 3.05) is 13.2 Å². The lowest BCUT2D eigenvalue weighted by Gasteiger charge is -2.20. The first-order chi connectivity index (χ1) is 18.4. The molecule has 3 aromatic rings. The topological polar surface area (TPSA) is 164 Å². The highest BCUT2D eigenvalue weighted by atomic mass is 17.1. The molecule has 0 aliphatic rings. The first kappa shape index (κ1) is 28.5. The highest BCUT2D eigenvalue weighted by molar-refractivity contribution is 5.90. The number of hydrogen-bond donors (Lipinski definition) is 5. The fourth-order valence-corrected chi connectivity index (χ4v) is 3.86. The number of rotatable bonds is 15. The van der Waals surface area contributed by atoms with Gasteiger partial charge in [0.25, 0.3) is 0 Å². The van der Waals surface area contributed by atoms with E-state index in [1.54, 1.807) is 24.3 Å². The third kappa shape index (κ3) is 8.82. The molecule has 1 atom stereocenters. The quantitative estimate of drug-likeness (QED) is 0.148. The Balaban J connectivity index is 1.70. The summed E-state index contributed by atoms with van der Waals surface area (Å²) >= 11 is 0. The van der Waals surface area contributed by atoms with Crippen molar-refractivity contribution < 1.29 is 44.5 Å². The maximum absolute atomic E-state index is 13.1. The van der Waals surface area contributed by atoms with Crippen LogP contribution in [0.1, 0.15) is 24.0 Å². The second-order valence-electron chi connectivity index (χ2n) is 8.55. The molecule has 0 aliphatic carbocycles. The Morgan fingerprint density at radius 1 is 0.842 bits per heavy atom. The smallest absolute Gasteiger partial charge is 0.303 e. The van der Waals surface area contributed by atoms with Gasteiger partial charge in [0.2, 0.25) is 11.8 Å². The summed E-state index contributed by atoms with van der Waals surface area (Å²) in [7, 11) is 0. The lowest BCUT2D eigenvalue weighted by atomic mass is 10.0. The van der Waals surface area contributed by atoms with Crippen LogP contribution in [-0.4, -0.2) is 58.8 Å². The summed E-state index contributed by atoms with van der Waals surface area (Å²) in [5, 5.41) is 33.7. The summed E-state index contributed by atoms with van der Waals surface area (Å²) in [5.74, 6) is -1.67. The van der Waals surface area contributed by atoms with Gasteiger partial charge >= 0.3 is 5.97 Å². The van der Waals surface area contributed by atoms with Crippen molar-refractivity contribution >= 4 is 28.6 Å². The summed E-state index contributed by atoms with van der Waals surface area (Å²) in [6.45, 7) is -0.219. The third-order valence-corrected chi connectivity index (χ3v) is 5.74. The minimum absolute atomic E-state index is 0.142. The number of carbonyl (C=O) groups is 3. The average Bonchev–Trinajstić information content (AvgIpc) is 2.91. The van der Waals surface area contributed by atoms with Crippen molar-refractivity contribution in [1.29, 1.82) is 0 Å². The van der Waals surface area contributed by atoms with Crippen LogP contribution in [-0.2, 0) is 37.1 Å². The van der Waals surface area contributed by atoms with E-state index in [9.17, 15) is 14.4 Å². The van der Waals surface area contributed by atoms with Crippen molar-refractivity contribution in [3.63, 3.8) is 0 Å². The molecule has 3 rings (SSSR count). The molecule has 38 heavy (non-hydrogen) atoms. The Kier molecular flexibility index (Phi) is 11.0. The van der Waals surface area contributed by atoms with Gasteiger partial charge in [0.15, 0.2) is 6.10 Å². The van der Waals surface area contributed by atoms with Crippen LogP contribution in [0, 0.1) is 0 Å². The Morgan fingerprint density at radius 3 is 2.21 bits per heavy atom. The number of nitrogens with one attached hydrogen (secondary N) is 2. The summed E-state index contributed by atoms with van der Waals surface area (Å²) in [5.41, 5.74) is 1.62. The van der Waals surface area contributed by atoms with Gasteiger partial charge in [-0.1, -0.05) is 54.6 Å². The maximum Gasteiger partial charge on any atom is 0.303 e. The van der Waals surface area contributed by atoms with E-state index in [1.807, 2.05) is 42.5 Å². The molecular formula is C27H30N2O9. The van der Waals surface area contributed by atoms with Crippen LogP contribution in [0.15, 0.2) is 66.7 Å². The van der Waals surface area contributed by atoms with E-state index in [4.69, 9.17) is 20.4 Å². The van der Waals surface area contributed by atoms with E-state index in [-0.39, 0.29) is 39.0 Å². The zero-order valence-corrected chi connectivity index (χ0v) is 20.5. The Morgan fingerprint density at radius 2 is 1.53 bits per heavy atom. The molecule has 2 amide bonds. The number of benzene rings is 3. The van der Waals surface area contributed by atoms with Gasteiger partial charge in [0.1, 0.15) is 25.0 Å². The molecule has 1 unspecified atom stereocenters. The van der Waals surface area contributed by atoms with Crippen LogP contribution in [0.3, 0.4) is 0 Å². The van der Waals surface area contributed by atoms with Gasteiger partial charge in [-0.15, -0.1) is 0 Å². The van der Waals surface area contributed by atoms with E-state index < -0.39 is 29.9 Å². The van der Waals surface area contributed by atoms with Crippen LogP contribution >= 0.6 is 0 Å². The number of ether oxygens (including phenoxy) is 1. The maximum atomic E-state index is 13.1. The van der Waals surface area contributed by atoms with Gasteiger partial charge in [-0.3, -0.25) is 24.9 Å². The predicted molar refractivity (Wildman–Crippen MR) is 136 cm³/mol. The standard InChI is InChI=1S/C27H30N2O9/c30-25(12-13-26(31)32)29-24(14-18-8-10-21(11-9-18)38-22(16-36-34)17-37-35)27(33)28-15-20-6-3-5-19-4-1-2-7-23(19)20/h1-11,22,24,34-35H,12-17H2,(H,28,33)(H,29,30)(H,31,32). The summed E-state index contributed by atoms with van der Waals surface area (Å²) in [4.78, 5) is 44.5. The van der Waals surface area contributed by atoms with Crippen LogP contribution in [0.2, 0.25) is 0 Å². The molecule has 0 heterocycles. The lowest BCUT2D eigenvalue weighted by Crippen LogP contribution is -2.47. The molecule has 0 saturated heterocycles. The highest BCUT2D eigenvalue weighted by Gasteiger charge is 2.22. The Bertz CT molecular complexity index is 1210. The molecule has 0 aliphatic heterocycles. The van der Waals surface area contributed by atoms with E-state index in [0.29, 0.717) is 11.3 Å². The van der Waals surface area contributed by atoms with Gasteiger partial charge < -0.3 is 20.5 Å². The minimum atomic E-state index is -1.11. The predicted octanol–water partition coefficient (Wildman–Crippen LogP) is 2.77. The number of carboxylic acids is 1. The highest BCUT2D eigenvalue weighted by Crippen LogP contribution is 2.19. The second-order valence-corrected chi connectivity index (χ2v) is 8.55. The molecule has 3 aromatic carbocycles. The van der Waals surface area contributed by atoms with Gasteiger partial charge in [0, 0.05) is 19.4 Å². The van der Waals surface area contributed by atoms with Crippen LogP contribution in [0.4, 0.5) is 0 Å². The zero-order chi connectivity index (χ0) is 27.3. The van der Waals surface area contributed by atoms with Crippen molar-refractivity contribution in [2.24, 2.45) is 0 Å². The van der Waals surface area contributed by atoms with Gasteiger partial charge in [-0.25, -0.2) is 9.78 Å². The minimum Gasteiger partial charge on any atom is -0.485 e. The molecule has 11 heteroatoms. The van der Waals surface area contributed by atoms with Gasteiger partial charge in [-0.2, -0.15) is 0 Å². The Hall–Kier alpha value is -4.03. The molecule has 0 radical (unpaired) electrons. The monoisotopic (exact) mass is 526 g/mol. The molecule has 11 nitrogen and oxygen atoms in total. The fourth-order valence-electron chi connectivity index (χ4n) is 3.86. The van der Waals surface area contributed by atoms with Crippen molar-refractivity contribution in [2.45, 2.75) is 38.0 Å². The molecule has 0 bridgehead atoms. The first-order valence-corrected chi connectivity index (χ1v) is 11.9. The average molecular weight is 527 g/mol. The largest absolute Gasteiger partial charge is 0.485 e. The van der Waals surface area contributed by atoms with Crippen LogP contribution < -0.4 is 15.4 Å². The third-order valence-electron chi connectivity index (χ3n) is 5.74. The number of carbonyl (C=O) groups excluding carboxylic acids is 2. The van der Waals surface area contributed by atoms with E-state index >= 15 is 0 Å². The molecular weight excluding hydrogens is 496 g/mol. The van der Waals surface area contributed by atoms with Crippen molar-refractivity contribution in [1.82, 2.24) is 10.6 Å². The molecule has 0 fully saturated rings. The van der Waals surface area contributed by atoms with Crippen LogP contribution in [0.25, 0.3) is 10.8 Å².